The van der Waals surface area contributed by atoms with Crippen molar-refractivity contribution in [1.82, 2.24) is 30.2 Å². The van der Waals surface area contributed by atoms with Gasteiger partial charge in [0.1, 0.15) is 0 Å². The van der Waals surface area contributed by atoms with E-state index < -0.39 is 0 Å². The van der Waals surface area contributed by atoms with Crippen LogP contribution >= 0.6 is 0 Å². The van der Waals surface area contributed by atoms with Gasteiger partial charge in [0.05, 0.1) is 16.9 Å². The summed E-state index contributed by atoms with van der Waals surface area (Å²) in [5.74, 6) is 0.859. The minimum absolute atomic E-state index is 0.254. The zero-order valence-electron chi connectivity index (χ0n) is 10.9. The molecule has 1 aromatic carbocycles. The maximum Gasteiger partial charge on any atom is 0.220 e. The van der Waals surface area contributed by atoms with Gasteiger partial charge in [-0.3, -0.25) is 0 Å². The molecule has 0 atom stereocenters. The molecule has 100 valence electrons. The molecule has 0 radical (unpaired) electrons. The Morgan fingerprint density at radius 2 is 2.00 bits per heavy atom. The first kappa shape index (κ1) is 12.2. The van der Waals surface area contributed by atoms with E-state index in [9.17, 15) is 0 Å². The third-order valence-electron chi connectivity index (χ3n) is 2.93. The second kappa shape index (κ2) is 5.04. The average molecular weight is 267 g/mol. The first-order valence-electron chi connectivity index (χ1n) is 6.25. The van der Waals surface area contributed by atoms with Crippen LogP contribution < -0.4 is 5.73 Å². The molecule has 2 N–H and O–H groups in total. The molecule has 0 unspecified atom stereocenters. The van der Waals surface area contributed by atoms with Gasteiger partial charge in [-0.1, -0.05) is 25.1 Å². The van der Waals surface area contributed by atoms with Crippen molar-refractivity contribution < 1.29 is 0 Å². The zero-order chi connectivity index (χ0) is 13.9. The van der Waals surface area contributed by atoms with Crippen molar-refractivity contribution in [3.63, 3.8) is 0 Å². The number of aryl methyl sites for hydroxylation is 1. The molecule has 0 saturated carbocycles. The number of nitrogens with zero attached hydrogens (tertiary/aromatic N) is 6. The minimum atomic E-state index is 0.254. The fourth-order valence-electron chi connectivity index (χ4n) is 1.99. The quantitative estimate of drug-likeness (QED) is 0.767. The van der Waals surface area contributed by atoms with E-state index in [-0.39, 0.29) is 5.95 Å². The minimum Gasteiger partial charge on any atom is -0.368 e. The number of benzene rings is 1. The number of rotatable bonds is 3. The molecule has 0 saturated heterocycles. The molecule has 0 spiro atoms. The molecular weight excluding hydrogens is 254 g/mol. The van der Waals surface area contributed by atoms with Crippen molar-refractivity contribution in [2.45, 2.75) is 13.3 Å². The highest BCUT2D eigenvalue weighted by Gasteiger charge is 2.15. The van der Waals surface area contributed by atoms with Crippen molar-refractivity contribution in [3.8, 4) is 17.1 Å². The predicted molar refractivity (Wildman–Crippen MR) is 74.0 cm³/mol. The third kappa shape index (κ3) is 2.09. The van der Waals surface area contributed by atoms with Crippen molar-refractivity contribution in [2.75, 3.05) is 5.73 Å². The number of para-hydroxylation sites is 1. The first-order valence-corrected chi connectivity index (χ1v) is 6.25. The lowest BCUT2D eigenvalue weighted by atomic mass is 10.2. The summed E-state index contributed by atoms with van der Waals surface area (Å²) >= 11 is 0. The molecule has 0 bridgehead atoms. The summed E-state index contributed by atoms with van der Waals surface area (Å²) in [6.45, 7) is 2.00. The van der Waals surface area contributed by atoms with Crippen LogP contribution in [-0.4, -0.2) is 30.2 Å². The maximum atomic E-state index is 5.62. The molecule has 2 aromatic heterocycles. The summed E-state index contributed by atoms with van der Waals surface area (Å²) in [6, 6.07) is 9.67. The highest BCUT2D eigenvalue weighted by molar-refractivity contribution is 5.59. The number of tetrazole rings is 1. The average Bonchev–Trinajstić information content (AvgIpc) is 2.97. The van der Waals surface area contributed by atoms with Gasteiger partial charge < -0.3 is 5.73 Å². The lowest BCUT2D eigenvalue weighted by Crippen LogP contribution is -2.05. The molecule has 0 aliphatic rings. The van der Waals surface area contributed by atoms with Gasteiger partial charge in [0.15, 0.2) is 5.82 Å². The second-order valence-corrected chi connectivity index (χ2v) is 4.19. The zero-order valence-corrected chi connectivity index (χ0v) is 10.9. The van der Waals surface area contributed by atoms with Gasteiger partial charge in [-0.05, 0) is 29.0 Å². The molecule has 7 nitrogen and oxygen atoms in total. The number of nitrogens with two attached hydrogens (primary N) is 1. The third-order valence-corrected chi connectivity index (χ3v) is 2.93. The molecule has 0 fully saturated rings. The van der Waals surface area contributed by atoms with E-state index in [0.717, 1.165) is 23.4 Å². The van der Waals surface area contributed by atoms with Crippen molar-refractivity contribution in [3.05, 3.63) is 42.2 Å². The molecule has 7 heteroatoms. The molecule has 2 heterocycles. The molecule has 3 aromatic rings. The monoisotopic (exact) mass is 267 g/mol. The Morgan fingerprint density at radius 1 is 1.20 bits per heavy atom. The molecular formula is C13H13N7. The molecule has 0 aliphatic heterocycles. The molecule has 0 aliphatic carbocycles. The van der Waals surface area contributed by atoms with Gasteiger partial charge in [-0.15, -0.1) is 5.10 Å². The van der Waals surface area contributed by atoms with Crippen LogP contribution in [0, 0.1) is 0 Å². The van der Waals surface area contributed by atoms with E-state index in [1.165, 1.54) is 0 Å². The van der Waals surface area contributed by atoms with Crippen LogP contribution in [0.15, 0.2) is 36.5 Å². The topological polar surface area (TPSA) is 95.4 Å². The Balaban J connectivity index is 2.15. The van der Waals surface area contributed by atoms with E-state index in [1.54, 1.807) is 10.9 Å². The van der Waals surface area contributed by atoms with Gasteiger partial charge in [0.2, 0.25) is 5.95 Å². The molecule has 3 rings (SSSR count). The Kier molecular flexibility index (Phi) is 3.08. The lowest BCUT2D eigenvalue weighted by molar-refractivity contribution is 0.790. The number of nitrogen functional groups attached to an aromatic ring is 1. The van der Waals surface area contributed by atoms with Crippen LogP contribution in [0.25, 0.3) is 17.1 Å². The molecule has 20 heavy (non-hydrogen) atoms. The van der Waals surface area contributed by atoms with Gasteiger partial charge in [-0.2, -0.15) is 4.68 Å². The maximum absolute atomic E-state index is 5.62. The van der Waals surface area contributed by atoms with Crippen molar-refractivity contribution in [1.29, 1.82) is 0 Å². The van der Waals surface area contributed by atoms with Crippen LogP contribution in [0.1, 0.15) is 12.6 Å². The fraction of sp³-hybridized carbons (Fsp3) is 0.154. The predicted octanol–water partition coefficient (Wildman–Crippen LogP) is 1.26. The lowest BCUT2D eigenvalue weighted by Gasteiger charge is -2.07. The van der Waals surface area contributed by atoms with E-state index in [1.807, 2.05) is 37.3 Å². The van der Waals surface area contributed by atoms with E-state index >= 15 is 0 Å². The number of aromatic nitrogens is 6. The number of hydrogen-bond donors (Lipinski definition) is 1. The Bertz CT molecular complexity index is 721. The first-order chi connectivity index (χ1) is 9.79. The fourth-order valence-corrected chi connectivity index (χ4v) is 1.99. The number of hydrogen-bond acceptors (Lipinski definition) is 6. The summed E-state index contributed by atoms with van der Waals surface area (Å²) in [5, 5.41) is 11.9. The number of anilines is 1. The summed E-state index contributed by atoms with van der Waals surface area (Å²) in [4.78, 5) is 8.28. The largest absolute Gasteiger partial charge is 0.368 e. The normalized spacial score (nSPS) is 10.7. The smallest absolute Gasteiger partial charge is 0.220 e. The highest BCUT2D eigenvalue weighted by Crippen LogP contribution is 2.22. The van der Waals surface area contributed by atoms with Crippen molar-refractivity contribution in [2.24, 2.45) is 0 Å². The summed E-state index contributed by atoms with van der Waals surface area (Å²) < 4.78 is 1.66. The summed E-state index contributed by atoms with van der Waals surface area (Å²) in [6.07, 6.45) is 2.38. The Hall–Kier alpha value is -2.83. The highest BCUT2D eigenvalue weighted by atomic mass is 15.5. The van der Waals surface area contributed by atoms with Crippen LogP contribution in [0.3, 0.4) is 0 Å². The Labute approximate surface area is 115 Å². The standard InChI is InChI=1S/C13H13N7/c1-2-11-10(8-15-13(14)16-11)12-17-18-19-20(12)9-6-4-3-5-7-9/h3-8H,2H2,1H3,(H2,14,15,16). The van der Waals surface area contributed by atoms with Gasteiger partial charge in [-0.25, -0.2) is 9.97 Å². The van der Waals surface area contributed by atoms with Gasteiger partial charge >= 0.3 is 0 Å². The van der Waals surface area contributed by atoms with Gasteiger partial charge in [0, 0.05) is 6.20 Å². The van der Waals surface area contributed by atoms with E-state index in [4.69, 9.17) is 5.73 Å². The summed E-state index contributed by atoms with van der Waals surface area (Å²) in [7, 11) is 0. The van der Waals surface area contributed by atoms with Crippen LogP contribution in [0.2, 0.25) is 0 Å². The SMILES string of the molecule is CCc1nc(N)ncc1-c1nnnn1-c1ccccc1. The van der Waals surface area contributed by atoms with Crippen LogP contribution in [0.4, 0.5) is 5.95 Å². The van der Waals surface area contributed by atoms with Crippen LogP contribution in [-0.2, 0) is 6.42 Å². The van der Waals surface area contributed by atoms with Crippen molar-refractivity contribution >= 4 is 5.95 Å². The second-order valence-electron chi connectivity index (χ2n) is 4.19. The molecule has 0 amide bonds. The van der Waals surface area contributed by atoms with Crippen LogP contribution in [0.5, 0.6) is 0 Å². The van der Waals surface area contributed by atoms with E-state index in [2.05, 4.69) is 25.5 Å². The summed E-state index contributed by atoms with van der Waals surface area (Å²) in [5.41, 5.74) is 8.12. The van der Waals surface area contributed by atoms with Gasteiger partial charge in [0.25, 0.3) is 0 Å². The van der Waals surface area contributed by atoms with E-state index in [0.29, 0.717) is 5.82 Å². The Morgan fingerprint density at radius 3 is 2.75 bits per heavy atom.